The lowest BCUT2D eigenvalue weighted by Crippen LogP contribution is -2.33. The summed E-state index contributed by atoms with van der Waals surface area (Å²) < 4.78 is 13.2. The number of amides is 1. The van der Waals surface area contributed by atoms with Gasteiger partial charge in [-0.2, -0.15) is 0 Å². The molecule has 1 atom stereocenters. The first kappa shape index (κ1) is 20.9. The Bertz CT molecular complexity index is 912. The van der Waals surface area contributed by atoms with Gasteiger partial charge >= 0.3 is 0 Å². The predicted molar refractivity (Wildman–Crippen MR) is 114 cm³/mol. The molecule has 2 aromatic rings. The average Bonchev–Trinajstić information content (AvgIpc) is 3.15. The van der Waals surface area contributed by atoms with Gasteiger partial charge in [0.25, 0.3) is 5.91 Å². The van der Waals surface area contributed by atoms with E-state index in [1.54, 1.807) is 20.2 Å². The number of benzene rings is 1. The van der Waals surface area contributed by atoms with Crippen LogP contribution in [0.2, 0.25) is 0 Å². The number of carbonyl (C=O) groups is 1. The van der Waals surface area contributed by atoms with Gasteiger partial charge in [-0.25, -0.2) is 14.4 Å². The minimum Gasteiger partial charge on any atom is -0.355 e. The molecular weight excluding hydrogens is 369 g/mol. The Hall–Kier alpha value is -2.80. The smallest absolute Gasteiger partial charge is 0.291 e. The van der Waals surface area contributed by atoms with E-state index >= 15 is 0 Å². The van der Waals surface area contributed by atoms with Crippen molar-refractivity contribution in [2.24, 2.45) is 0 Å². The van der Waals surface area contributed by atoms with Gasteiger partial charge in [-0.05, 0) is 38.0 Å². The molecule has 3 rings (SSSR count). The Labute approximate surface area is 171 Å². The number of anilines is 1. The van der Waals surface area contributed by atoms with Crippen LogP contribution in [0.1, 0.15) is 33.9 Å². The van der Waals surface area contributed by atoms with E-state index in [1.807, 2.05) is 32.1 Å². The molecule has 1 amide bonds. The molecule has 0 spiro atoms. The van der Waals surface area contributed by atoms with E-state index in [2.05, 4.69) is 20.2 Å². The van der Waals surface area contributed by atoms with Gasteiger partial charge in [0.05, 0.1) is 0 Å². The molecular formula is C22H28FN5O. The van der Waals surface area contributed by atoms with Gasteiger partial charge in [-0.15, -0.1) is 0 Å². The van der Waals surface area contributed by atoms with Crippen LogP contribution in [-0.4, -0.2) is 60.5 Å². The molecule has 7 heteroatoms. The molecule has 1 N–H and O–H groups in total. The topological polar surface area (TPSA) is 61.4 Å². The van der Waals surface area contributed by atoms with Gasteiger partial charge < -0.3 is 15.1 Å². The molecule has 2 heterocycles. The zero-order valence-corrected chi connectivity index (χ0v) is 17.4. The largest absolute Gasteiger partial charge is 0.355 e. The highest BCUT2D eigenvalue weighted by Crippen LogP contribution is 2.24. The summed E-state index contributed by atoms with van der Waals surface area (Å²) in [5, 5.41) is 3.52. The molecule has 0 unspecified atom stereocenters. The van der Waals surface area contributed by atoms with Crippen LogP contribution in [-0.2, 0) is 0 Å². The molecule has 1 aliphatic rings. The first-order valence-electron chi connectivity index (χ1n) is 9.82. The standard InChI is InChI=1S/C22H28FN5O/c1-15-16(2)25-20(22(29)27(3)4)26-21(15)28-12-10-19(14-28)24-11-6-8-17-7-5-9-18(23)13-17/h5-9,13,19,24H,10-12,14H2,1-4H3/b8-6+/t19-/m1/s1. The summed E-state index contributed by atoms with van der Waals surface area (Å²) in [5.74, 6) is 0.657. The van der Waals surface area contributed by atoms with Crippen LogP contribution < -0.4 is 10.2 Å². The molecule has 6 nitrogen and oxygen atoms in total. The number of nitrogens with one attached hydrogen (secondary N) is 1. The monoisotopic (exact) mass is 397 g/mol. The van der Waals surface area contributed by atoms with Crippen LogP contribution in [0.5, 0.6) is 0 Å². The molecule has 1 aliphatic heterocycles. The van der Waals surface area contributed by atoms with Crippen LogP contribution in [0.25, 0.3) is 6.08 Å². The maximum absolute atomic E-state index is 13.2. The van der Waals surface area contributed by atoms with E-state index < -0.39 is 0 Å². The lowest BCUT2D eigenvalue weighted by molar-refractivity contribution is 0.0815. The number of hydrogen-bond donors (Lipinski definition) is 1. The fourth-order valence-electron chi connectivity index (χ4n) is 3.38. The van der Waals surface area contributed by atoms with Crippen molar-refractivity contribution in [3.63, 3.8) is 0 Å². The van der Waals surface area contributed by atoms with Crippen LogP contribution >= 0.6 is 0 Å². The van der Waals surface area contributed by atoms with Crippen molar-refractivity contribution in [2.45, 2.75) is 26.3 Å². The molecule has 0 bridgehead atoms. The first-order valence-corrected chi connectivity index (χ1v) is 9.82. The van der Waals surface area contributed by atoms with Crippen molar-refractivity contribution in [3.05, 3.63) is 58.8 Å². The first-order chi connectivity index (χ1) is 13.8. The van der Waals surface area contributed by atoms with Gasteiger partial charge in [0.15, 0.2) is 0 Å². The molecule has 1 fully saturated rings. The molecule has 1 aromatic heterocycles. The lowest BCUT2D eigenvalue weighted by Gasteiger charge is -2.22. The summed E-state index contributed by atoms with van der Waals surface area (Å²) in [5.41, 5.74) is 2.69. The normalized spacial score (nSPS) is 16.6. The maximum Gasteiger partial charge on any atom is 0.291 e. The van der Waals surface area contributed by atoms with Gasteiger partial charge in [-0.1, -0.05) is 24.3 Å². The summed E-state index contributed by atoms with van der Waals surface area (Å²) in [6, 6.07) is 6.87. The Morgan fingerprint density at radius 1 is 1.34 bits per heavy atom. The number of aryl methyl sites for hydroxylation is 1. The van der Waals surface area contributed by atoms with Crippen LogP contribution in [0, 0.1) is 19.7 Å². The summed E-state index contributed by atoms with van der Waals surface area (Å²) in [6.45, 7) is 6.31. The van der Waals surface area contributed by atoms with E-state index in [0.29, 0.717) is 12.6 Å². The van der Waals surface area contributed by atoms with Crippen molar-refractivity contribution >= 4 is 17.8 Å². The van der Waals surface area contributed by atoms with E-state index in [9.17, 15) is 9.18 Å². The number of hydrogen-bond acceptors (Lipinski definition) is 5. The maximum atomic E-state index is 13.2. The second kappa shape index (κ2) is 9.13. The van der Waals surface area contributed by atoms with E-state index in [-0.39, 0.29) is 17.5 Å². The molecule has 154 valence electrons. The third-order valence-corrected chi connectivity index (χ3v) is 5.13. The predicted octanol–water partition coefficient (Wildman–Crippen LogP) is 2.82. The highest BCUT2D eigenvalue weighted by atomic mass is 19.1. The number of carbonyl (C=O) groups excluding carboxylic acids is 1. The third kappa shape index (κ3) is 5.17. The summed E-state index contributed by atoms with van der Waals surface area (Å²) in [4.78, 5) is 24.9. The summed E-state index contributed by atoms with van der Waals surface area (Å²) >= 11 is 0. The van der Waals surface area contributed by atoms with Crippen LogP contribution in [0.3, 0.4) is 0 Å². The van der Waals surface area contributed by atoms with Crippen molar-refractivity contribution < 1.29 is 9.18 Å². The Morgan fingerprint density at radius 3 is 2.86 bits per heavy atom. The number of aromatic nitrogens is 2. The molecule has 29 heavy (non-hydrogen) atoms. The number of rotatable bonds is 6. The fraction of sp³-hybridized carbons (Fsp3) is 0.409. The van der Waals surface area contributed by atoms with Gasteiger partial charge in [-0.3, -0.25) is 4.79 Å². The van der Waals surface area contributed by atoms with E-state index in [4.69, 9.17) is 0 Å². The summed E-state index contributed by atoms with van der Waals surface area (Å²) in [6.07, 6.45) is 4.92. The Morgan fingerprint density at radius 2 is 2.14 bits per heavy atom. The number of nitrogens with zero attached hydrogens (tertiary/aromatic N) is 4. The van der Waals surface area contributed by atoms with Crippen LogP contribution in [0.4, 0.5) is 10.2 Å². The average molecular weight is 397 g/mol. The minimum absolute atomic E-state index is 0.189. The molecule has 1 saturated heterocycles. The van der Waals surface area contributed by atoms with E-state index in [1.165, 1.54) is 17.0 Å². The van der Waals surface area contributed by atoms with Gasteiger partial charge in [0.2, 0.25) is 5.82 Å². The highest BCUT2D eigenvalue weighted by molar-refractivity contribution is 5.90. The van der Waals surface area contributed by atoms with Gasteiger partial charge in [0.1, 0.15) is 11.6 Å². The molecule has 0 aliphatic carbocycles. The van der Waals surface area contributed by atoms with Gasteiger partial charge in [0, 0.05) is 51.0 Å². The Balaban J connectivity index is 1.61. The fourth-order valence-corrected chi connectivity index (χ4v) is 3.38. The van der Waals surface area contributed by atoms with Crippen molar-refractivity contribution in [3.8, 4) is 0 Å². The summed E-state index contributed by atoms with van der Waals surface area (Å²) in [7, 11) is 3.40. The second-order valence-corrected chi connectivity index (χ2v) is 7.58. The molecule has 1 aromatic carbocycles. The van der Waals surface area contributed by atoms with Crippen molar-refractivity contribution in [1.29, 1.82) is 0 Å². The third-order valence-electron chi connectivity index (χ3n) is 5.13. The molecule has 0 radical (unpaired) electrons. The Kier molecular flexibility index (Phi) is 6.59. The zero-order valence-electron chi connectivity index (χ0n) is 17.4. The van der Waals surface area contributed by atoms with Crippen molar-refractivity contribution in [1.82, 2.24) is 20.2 Å². The zero-order chi connectivity index (χ0) is 21.0. The van der Waals surface area contributed by atoms with Crippen molar-refractivity contribution in [2.75, 3.05) is 38.6 Å². The van der Waals surface area contributed by atoms with E-state index in [0.717, 1.165) is 42.1 Å². The second-order valence-electron chi connectivity index (χ2n) is 7.58. The number of halogens is 1. The quantitative estimate of drug-likeness (QED) is 0.812. The highest BCUT2D eigenvalue weighted by Gasteiger charge is 2.26. The minimum atomic E-state index is -0.228. The SMILES string of the molecule is Cc1nc(C(=O)N(C)C)nc(N2CC[C@@H](NC/C=C/c3cccc(F)c3)C2)c1C. The molecule has 0 saturated carbocycles. The lowest BCUT2D eigenvalue weighted by atomic mass is 10.2. The van der Waals surface area contributed by atoms with Crippen LogP contribution in [0.15, 0.2) is 30.3 Å².